The third kappa shape index (κ3) is 4.94. The standard InChI is InChI=1S/C22H27NO3/c1-5-15(2)21(18-11-7-6-8-12-18)22(25)26-14-20(24)23-19-13-9-10-16(3)17(19)4/h6-13,15,21H,5,14H2,1-4H3,(H,23,24). The molecule has 0 aromatic heterocycles. The normalized spacial score (nSPS) is 12.9. The van der Waals surface area contributed by atoms with E-state index in [4.69, 9.17) is 4.74 Å². The molecule has 4 nitrogen and oxygen atoms in total. The van der Waals surface area contributed by atoms with E-state index in [1.807, 2.05) is 76.2 Å². The van der Waals surface area contributed by atoms with Gasteiger partial charge in [0.1, 0.15) is 0 Å². The lowest BCUT2D eigenvalue weighted by Gasteiger charge is -2.21. The Morgan fingerprint density at radius 2 is 1.73 bits per heavy atom. The maximum Gasteiger partial charge on any atom is 0.314 e. The highest BCUT2D eigenvalue weighted by Crippen LogP contribution is 2.28. The van der Waals surface area contributed by atoms with E-state index in [2.05, 4.69) is 5.32 Å². The molecule has 2 aromatic carbocycles. The third-order valence-electron chi connectivity index (χ3n) is 4.85. The number of aryl methyl sites for hydroxylation is 1. The van der Waals surface area contributed by atoms with Gasteiger partial charge in [-0.15, -0.1) is 0 Å². The molecule has 4 heteroatoms. The average Bonchev–Trinajstić information content (AvgIpc) is 2.64. The summed E-state index contributed by atoms with van der Waals surface area (Å²) in [6.07, 6.45) is 0.851. The van der Waals surface area contributed by atoms with Crippen molar-refractivity contribution in [2.24, 2.45) is 5.92 Å². The molecule has 2 rings (SSSR count). The smallest absolute Gasteiger partial charge is 0.314 e. The molecule has 1 amide bonds. The predicted molar refractivity (Wildman–Crippen MR) is 104 cm³/mol. The van der Waals surface area contributed by atoms with Crippen molar-refractivity contribution >= 4 is 17.6 Å². The molecule has 0 radical (unpaired) electrons. The number of esters is 1. The Morgan fingerprint density at radius 3 is 2.38 bits per heavy atom. The first kappa shape index (κ1) is 19.7. The second kappa shape index (κ2) is 9.18. The SMILES string of the molecule is CCC(C)C(C(=O)OCC(=O)Nc1cccc(C)c1C)c1ccccc1. The summed E-state index contributed by atoms with van der Waals surface area (Å²) in [4.78, 5) is 24.8. The second-order valence-corrected chi connectivity index (χ2v) is 6.68. The van der Waals surface area contributed by atoms with Crippen LogP contribution in [0.4, 0.5) is 5.69 Å². The lowest BCUT2D eigenvalue weighted by Crippen LogP contribution is -2.27. The van der Waals surface area contributed by atoms with Gasteiger partial charge in [0, 0.05) is 5.69 Å². The van der Waals surface area contributed by atoms with Crippen LogP contribution in [-0.2, 0) is 14.3 Å². The van der Waals surface area contributed by atoms with Crippen molar-refractivity contribution in [2.75, 3.05) is 11.9 Å². The summed E-state index contributed by atoms with van der Waals surface area (Å²) in [6, 6.07) is 15.3. The van der Waals surface area contributed by atoms with Crippen molar-refractivity contribution < 1.29 is 14.3 Å². The van der Waals surface area contributed by atoms with Crippen LogP contribution >= 0.6 is 0 Å². The van der Waals surface area contributed by atoms with Gasteiger partial charge in [0.05, 0.1) is 5.92 Å². The Labute approximate surface area is 155 Å². The molecule has 2 aromatic rings. The monoisotopic (exact) mass is 353 g/mol. The lowest BCUT2D eigenvalue weighted by molar-refractivity contribution is -0.150. The van der Waals surface area contributed by atoms with E-state index < -0.39 is 0 Å². The summed E-state index contributed by atoms with van der Waals surface area (Å²) in [5.74, 6) is -0.925. The minimum absolute atomic E-state index is 0.131. The number of hydrogen-bond acceptors (Lipinski definition) is 3. The minimum Gasteiger partial charge on any atom is -0.455 e. The zero-order valence-electron chi connectivity index (χ0n) is 15.9. The lowest BCUT2D eigenvalue weighted by atomic mass is 9.86. The Kier molecular flexibility index (Phi) is 6.96. The van der Waals surface area contributed by atoms with Gasteiger partial charge in [0.25, 0.3) is 5.91 Å². The largest absolute Gasteiger partial charge is 0.455 e. The molecule has 0 saturated carbocycles. The molecule has 0 aliphatic rings. The molecule has 2 atom stereocenters. The fraction of sp³-hybridized carbons (Fsp3) is 0.364. The molecule has 0 fully saturated rings. The van der Waals surface area contributed by atoms with Crippen molar-refractivity contribution in [3.8, 4) is 0 Å². The molecule has 0 saturated heterocycles. The topological polar surface area (TPSA) is 55.4 Å². The van der Waals surface area contributed by atoms with Crippen molar-refractivity contribution in [1.29, 1.82) is 0 Å². The van der Waals surface area contributed by atoms with E-state index in [1.165, 1.54) is 0 Å². The molecular formula is C22H27NO3. The maximum atomic E-state index is 12.6. The number of hydrogen-bond donors (Lipinski definition) is 1. The fourth-order valence-corrected chi connectivity index (χ4v) is 2.89. The highest BCUT2D eigenvalue weighted by atomic mass is 16.5. The van der Waals surface area contributed by atoms with Gasteiger partial charge in [0.15, 0.2) is 6.61 Å². The van der Waals surface area contributed by atoms with Crippen LogP contribution in [0.2, 0.25) is 0 Å². The third-order valence-corrected chi connectivity index (χ3v) is 4.85. The number of carbonyl (C=O) groups is 2. The van der Waals surface area contributed by atoms with Gasteiger partial charge >= 0.3 is 5.97 Å². The summed E-state index contributed by atoms with van der Waals surface area (Å²) in [5.41, 5.74) is 3.77. The Balaban J connectivity index is 2.01. The van der Waals surface area contributed by atoms with Crippen LogP contribution in [0.1, 0.15) is 42.9 Å². The van der Waals surface area contributed by atoms with Crippen LogP contribution in [0.15, 0.2) is 48.5 Å². The highest BCUT2D eigenvalue weighted by molar-refractivity contribution is 5.94. The first-order valence-corrected chi connectivity index (χ1v) is 9.01. The quantitative estimate of drug-likeness (QED) is 0.739. The van der Waals surface area contributed by atoms with E-state index in [0.29, 0.717) is 0 Å². The molecule has 1 N–H and O–H groups in total. The van der Waals surface area contributed by atoms with Crippen LogP contribution in [0, 0.1) is 19.8 Å². The van der Waals surface area contributed by atoms with Gasteiger partial charge in [0.2, 0.25) is 0 Å². The van der Waals surface area contributed by atoms with Crippen molar-refractivity contribution in [3.63, 3.8) is 0 Å². The van der Waals surface area contributed by atoms with Crippen LogP contribution in [0.25, 0.3) is 0 Å². The number of anilines is 1. The summed E-state index contributed by atoms with van der Waals surface area (Å²) < 4.78 is 5.33. The van der Waals surface area contributed by atoms with Gasteiger partial charge in [-0.2, -0.15) is 0 Å². The number of ether oxygens (including phenoxy) is 1. The number of nitrogens with one attached hydrogen (secondary N) is 1. The zero-order chi connectivity index (χ0) is 19.1. The van der Waals surface area contributed by atoms with Gasteiger partial charge in [-0.25, -0.2) is 0 Å². The van der Waals surface area contributed by atoms with Gasteiger partial charge in [-0.05, 0) is 42.5 Å². The van der Waals surface area contributed by atoms with E-state index in [9.17, 15) is 9.59 Å². The van der Waals surface area contributed by atoms with E-state index >= 15 is 0 Å². The van der Waals surface area contributed by atoms with E-state index in [1.54, 1.807) is 0 Å². The number of rotatable bonds is 7. The second-order valence-electron chi connectivity index (χ2n) is 6.68. The number of carbonyl (C=O) groups excluding carboxylic acids is 2. The maximum absolute atomic E-state index is 12.6. The van der Waals surface area contributed by atoms with Gasteiger partial charge < -0.3 is 10.1 Å². The predicted octanol–water partition coefficient (Wildman–Crippen LogP) is 4.62. The molecular weight excluding hydrogens is 326 g/mol. The highest BCUT2D eigenvalue weighted by Gasteiger charge is 2.27. The van der Waals surface area contributed by atoms with Crippen LogP contribution in [-0.4, -0.2) is 18.5 Å². The number of benzene rings is 2. The van der Waals surface area contributed by atoms with E-state index in [0.717, 1.165) is 28.8 Å². The summed E-state index contributed by atoms with van der Waals surface area (Å²) in [6.45, 7) is 7.72. The van der Waals surface area contributed by atoms with Crippen LogP contribution in [0.5, 0.6) is 0 Å². The van der Waals surface area contributed by atoms with Crippen LogP contribution < -0.4 is 5.32 Å². The first-order chi connectivity index (χ1) is 12.4. The molecule has 0 aliphatic heterocycles. The molecule has 2 unspecified atom stereocenters. The zero-order valence-corrected chi connectivity index (χ0v) is 15.9. The van der Waals surface area contributed by atoms with Gasteiger partial charge in [-0.1, -0.05) is 62.7 Å². The summed E-state index contributed by atoms with van der Waals surface area (Å²) in [7, 11) is 0. The number of amides is 1. The van der Waals surface area contributed by atoms with Crippen molar-refractivity contribution in [3.05, 3.63) is 65.2 Å². The van der Waals surface area contributed by atoms with Gasteiger partial charge in [-0.3, -0.25) is 9.59 Å². The van der Waals surface area contributed by atoms with Crippen molar-refractivity contribution in [2.45, 2.75) is 40.0 Å². The molecule has 0 spiro atoms. The molecule has 0 bridgehead atoms. The Morgan fingerprint density at radius 1 is 1.04 bits per heavy atom. The van der Waals surface area contributed by atoms with Crippen molar-refractivity contribution in [1.82, 2.24) is 0 Å². The molecule has 26 heavy (non-hydrogen) atoms. The average molecular weight is 353 g/mol. The molecule has 0 heterocycles. The first-order valence-electron chi connectivity index (χ1n) is 9.01. The van der Waals surface area contributed by atoms with E-state index in [-0.39, 0.29) is 30.3 Å². The molecule has 138 valence electrons. The minimum atomic E-state index is -0.366. The molecule has 0 aliphatic carbocycles. The Bertz CT molecular complexity index is 755. The van der Waals surface area contributed by atoms with Crippen LogP contribution in [0.3, 0.4) is 0 Å². The summed E-state index contributed by atoms with van der Waals surface area (Å²) >= 11 is 0. The Hall–Kier alpha value is -2.62. The fourth-order valence-electron chi connectivity index (χ4n) is 2.89. The summed E-state index contributed by atoms with van der Waals surface area (Å²) in [5, 5.41) is 2.81.